The van der Waals surface area contributed by atoms with Crippen LogP contribution in [0.1, 0.15) is 0 Å². The zero-order valence-electron chi connectivity index (χ0n) is 12.6. The molecule has 0 radical (unpaired) electrons. The van der Waals surface area contributed by atoms with Gasteiger partial charge in [0.1, 0.15) is 12.1 Å². The Bertz CT molecular complexity index is 901. The first-order valence-corrected chi connectivity index (χ1v) is 8.79. The molecule has 3 aromatic rings. The Morgan fingerprint density at radius 3 is 2.88 bits per heavy atom. The quantitative estimate of drug-likeness (QED) is 0.729. The van der Waals surface area contributed by atoms with E-state index in [0.717, 1.165) is 28.9 Å². The molecule has 4 nitrogen and oxygen atoms in total. The Hall–Kier alpha value is -1.89. The second-order valence-corrected chi connectivity index (χ2v) is 7.31. The van der Waals surface area contributed by atoms with Gasteiger partial charge in [0.2, 0.25) is 0 Å². The molecule has 0 amide bonds. The van der Waals surface area contributed by atoms with Crippen molar-refractivity contribution in [3.63, 3.8) is 0 Å². The molecule has 2 N–H and O–H groups in total. The summed E-state index contributed by atoms with van der Waals surface area (Å²) in [5.74, 6) is 0.0763. The second kappa shape index (κ2) is 6.55. The average molecular weight is 361 g/mol. The first-order valence-electron chi connectivity index (χ1n) is 7.54. The first-order chi connectivity index (χ1) is 11.7. The van der Waals surface area contributed by atoms with E-state index in [2.05, 4.69) is 26.7 Å². The summed E-state index contributed by atoms with van der Waals surface area (Å²) in [6.45, 7) is 2.04. The lowest BCUT2D eigenvalue weighted by atomic mass is 10.2. The van der Waals surface area contributed by atoms with Crippen molar-refractivity contribution in [2.75, 3.05) is 18.4 Å². The van der Waals surface area contributed by atoms with Gasteiger partial charge in [-0.3, -0.25) is 0 Å². The van der Waals surface area contributed by atoms with Crippen LogP contribution in [0.5, 0.6) is 0 Å². The minimum atomic E-state index is -0.489. The van der Waals surface area contributed by atoms with E-state index in [-0.39, 0.29) is 5.02 Å². The van der Waals surface area contributed by atoms with Crippen LogP contribution in [0.15, 0.2) is 47.6 Å². The highest BCUT2D eigenvalue weighted by molar-refractivity contribution is 8.00. The fourth-order valence-corrected chi connectivity index (χ4v) is 3.77. The van der Waals surface area contributed by atoms with Crippen LogP contribution in [0.3, 0.4) is 0 Å². The van der Waals surface area contributed by atoms with Crippen LogP contribution in [0.2, 0.25) is 5.02 Å². The lowest BCUT2D eigenvalue weighted by Crippen LogP contribution is -2.44. The number of aromatic nitrogens is 2. The minimum absolute atomic E-state index is 0.0760. The molecule has 1 aliphatic rings. The van der Waals surface area contributed by atoms with Crippen LogP contribution in [-0.2, 0) is 0 Å². The maximum absolute atomic E-state index is 14.1. The van der Waals surface area contributed by atoms with Crippen molar-refractivity contribution in [2.24, 2.45) is 0 Å². The number of thioether (sulfide) groups is 1. The van der Waals surface area contributed by atoms with Crippen molar-refractivity contribution < 1.29 is 4.39 Å². The number of rotatable bonds is 4. The predicted octanol–water partition coefficient (Wildman–Crippen LogP) is 4.23. The fourth-order valence-electron chi connectivity index (χ4n) is 2.47. The van der Waals surface area contributed by atoms with Gasteiger partial charge in [0, 0.05) is 28.6 Å². The van der Waals surface area contributed by atoms with Gasteiger partial charge >= 0.3 is 0 Å². The molecular formula is C17H14ClFN4S. The Morgan fingerprint density at radius 2 is 2.08 bits per heavy atom. The Morgan fingerprint density at radius 1 is 1.21 bits per heavy atom. The lowest BCUT2D eigenvalue weighted by molar-refractivity contribution is 0.544. The SMILES string of the molecule is Fc1c(Cl)cccc1Nc1ncnc2ccc(SC3CNC3)cc12. The number of nitrogens with zero attached hydrogens (tertiary/aromatic N) is 2. The van der Waals surface area contributed by atoms with Crippen molar-refractivity contribution in [3.8, 4) is 0 Å². The summed E-state index contributed by atoms with van der Waals surface area (Å²) in [5, 5.41) is 7.82. The summed E-state index contributed by atoms with van der Waals surface area (Å²) in [7, 11) is 0. The molecule has 0 saturated carbocycles. The average Bonchev–Trinajstić information content (AvgIpc) is 2.55. The molecule has 4 rings (SSSR count). The number of hydrogen-bond acceptors (Lipinski definition) is 5. The molecule has 122 valence electrons. The Balaban J connectivity index is 1.71. The number of halogens is 2. The molecule has 0 unspecified atom stereocenters. The van der Waals surface area contributed by atoms with Gasteiger partial charge in [-0.25, -0.2) is 14.4 Å². The van der Waals surface area contributed by atoms with Gasteiger partial charge in [-0.05, 0) is 30.3 Å². The van der Waals surface area contributed by atoms with E-state index in [0.29, 0.717) is 16.8 Å². The first kappa shape index (κ1) is 15.6. The summed E-state index contributed by atoms with van der Waals surface area (Å²) in [4.78, 5) is 9.71. The van der Waals surface area contributed by atoms with Crippen LogP contribution in [0.25, 0.3) is 10.9 Å². The monoisotopic (exact) mass is 360 g/mol. The third-order valence-corrected chi connectivity index (χ3v) is 5.34. The topological polar surface area (TPSA) is 49.8 Å². The fraction of sp³-hybridized carbons (Fsp3) is 0.176. The van der Waals surface area contributed by atoms with Gasteiger partial charge in [-0.1, -0.05) is 17.7 Å². The molecule has 1 saturated heterocycles. The van der Waals surface area contributed by atoms with Crippen molar-refractivity contribution in [3.05, 3.63) is 53.6 Å². The van der Waals surface area contributed by atoms with E-state index in [1.807, 2.05) is 23.9 Å². The van der Waals surface area contributed by atoms with Crippen LogP contribution >= 0.6 is 23.4 Å². The van der Waals surface area contributed by atoms with Crippen molar-refractivity contribution >= 4 is 45.8 Å². The smallest absolute Gasteiger partial charge is 0.165 e. The molecule has 1 aromatic heterocycles. The van der Waals surface area contributed by atoms with Gasteiger partial charge < -0.3 is 10.6 Å². The zero-order chi connectivity index (χ0) is 16.5. The molecule has 0 atom stereocenters. The predicted molar refractivity (Wildman–Crippen MR) is 96.7 cm³/mol. The van der Waals surface area contributed by atoms with Crippen LogP contribution < -0.4 is 10.6 Å². The van der Waals surface area contributed by atoms with Gasteiger partial charge in [0.25, 0.3) is 0 Å². The summed E-state index contributed by atoms with van der Waals surface area (Å²) in [5.41, 5.74) is 1.11. The Labute approximate surface area is 147 Å². The maximum Gasteiger partial charge on any atom is 0.165 e. The van der Waals surface area contributed by atoms with Gasteiger partial charge in [-0.2, -0.15) is 0 Å². The maximum atomic E-state index is 14.1. The van der Waals surface area contributed by atoms with Crippen LogP contribution in [0.4, 0.5) is 15.9 Å². The third-order valence-electron chi connectivity index (χ3n) is 3.86. The van der Waals surface area contributed by atoms with Crippen LogP contribution in [0, 0.1) is 5.82 Å². The zero-order valence-corrected chi connectivity index (χ0v) is 14.2. The molecular weight excluding hydrogens is 347 g/mol. The second-order valence-electron chi connectivity index (χ2n) is 5.53. The normalized spacial score (nSPS) is 14.6. The lowest BCUT2D eigenvalue weighted by Gasteiger charge is -2.26. The molecule has 2 heterocycles. The number of hydrogen-bond donors (Lipinski definition) is 2. The van der Waals surface area contributed by atoms with Crippen molar-refractivity contribution in [1.82, 2.24) is 15.3 Å². The summed E-state index contributed by atoms with van der Waals surface area (Å²) in [6, 6.07) is 10.9. The third kappa shape index (κ3) is 3.05. The Kier molecular flexibility index (Phi) is 4.26. The van der Waals surface area contributed by atoms with E-state index >= 15 is 0 Å². The molecule has 1 aliphatic heterocycles. The highest BCUT2D eigenvalue weighted by Gasteiger charge is 2.18. The standard InChI is InChI=1S/C17H14ClFN4S/c18-13-2-1-3-15(16(13)19)23-17-12-6-10(24-11-7-20-8-11)4-5-14(12)21-9-22-17/h1-6,9,11,20H,7-8H2,(H,21,22,23). The largest absolute Gasteiger partial charge is 0.337 e. The van der Waals surface area contributed by atoms with Gasteiger partial charge in [0.15, 0.2) is 5.82 Å². The highest BCUT2D eigenvalue weighted by Crippen LogP contribution is 2.32. The minimum Gasteiger partial charge on any atom is -0.337 e. The number of nitrogens with one attached hydrogen (secondary N) is 2. The molecule has 2 aromatic carbocycles. The number of anilines is 2. The van der Waals surface area contributed by atoms with E-state index in [1.54, 1.807) is 12.1 Å². The highest BCUT2D eigenvalue weighted by atomic mass is 35.5. The van der Waals surface area contributed by atoms with E-state index in [1.165, 1.54) is 12.4 Å². The molecule has 1 fully saturated rings. The molecule has 24 heavy (non-hydrogen) atoms. The summed E-state index contributed by atoms with van der Waals surface area (Å²) >= 11 is 7.67. The van der Waals surface area contributed by atoms with E-state index < -0.39 is 5.82 Å². The number of fused-ring (bicyclic) bond motifs is 1. The van der Waals surface area contributed by atoms with Gasteiger partial charge in [-0.15, -0.1) is 11.8 Å². The van der Waals surface area contributed by atoms with Crippen molar-refractivity contribution in [2.45, 2.75) is 10.1 Å². The molecule has 0 aliphatic carbocycles. The van der Waals surface area contributed by atoms with Crippen molar-refractivity contribution in [1.29, 1.82) is 0 Å². The van der Waals surface area contributed by atoms with Crippen LogP contribution in [-0.4, -0.2) is 28.3 Å². The summed E-state index contributed by atoms with van der Waals surface area (Å²) < 4.78 is 14.1. The molecule has 7 heteroatoms. The molecule has 0 bridgehead atoms. The summed E-state index contributed by atoms with van der Waals surface area (Å²) in [6.07, 6.45) is 1.47. The van der Waals surface area contributed by atoms with E-state index in [9.17, 15) is 4.39 Å². The molecule has 0 spiro atoms. The van der Waals surface area contributed by atoms with Gasteiger partial charge in [0.05, 0.1) is 16.2 Å². The number of benzene rings is 2. The van der Waals surface area contributed by atoms with E-state index in [4.69, 9.17) is 11.6 Å².